The Morgan fingerprint density at radius 1 is 1.69 bits per heavy atom. The lowest BCUT2D eigenvalue weighted by Gasteiger charge is -2.10. The highest BCUT2D eigenvalue weighted by molar-refractivity contribution is 5.41. The van der Waals surface area contributed by atoms with E-state index in [-0.39, 0.29) is 6.10 Å². The van der Waals surface area contributed by atoms with Gasteiger partial charge in [0.1, 0.15) is 0 Å². The third-order valence-corrected chi connectivity index (χ3v) is 1.57. The molecule has 1 aromatic heterocycles. The number of nitrogen functional groups attached to an aromatic ring is 1. The number of nitrogens with two attached hydrogens (primary N) is 1. The van der Waals surface area contributed by atoms with Crippen LogP contribution in [-0.4, -0.2) is 11.1 Å². The summed E-state index contributed by atoms with van der Waals surface area (Å²) >= 11 is 0. The van der Waals surface area contributed by atoms with E-state index < -0.39 is 0 Å². The molecule has 0 radical (unpaired) electrons. The van der Waals surface area contributed by atoms with Gasteiger partial charge in [-0.25, -0.2) is 4.98 Å². The van der Waals surface area contributed by atoms with Gasteiger partial charge in [-0.2, -0.15) is 0 Å². The Morgan fingerprint density at radius 2 is 2.38 bits per heavy atom. The molecule has 0 aliphatic carbocycles. The Hall–Kier alpha value is -1.69. The SMILES string of the molecule is C#CC(C)Oc1ncc(N)cc1C. The Kier molecular flexibility index (Phi) is 2.76. The second-order valence-corrected chi connectivity index (χ2v) is 2.82. The third kappa shape index (κ3) is 2.38. The van der Waals surface area contributed by atoms with E-state index in [0.29, 0.717) is 11.6 Å². The second-order valence-electron chi connectivity index (χ2n) is 2.82. The van der Waals surface area contributed by atoms with Crippen LogP contribution in [0.1, 0.15) is 12.5 Å². The molecule has 3 nitrogen and oxygen atoms in total. The van der Waals surface area contributed by atoms with E-state index in [2.05, 4.69) is 10.9 Å². The fraction of sp³-hybridized carbons (Fsp3) is 0.300. The Balaban J connectivity index is 2.85. The standard InChI is InChI=1S/C10H12N2O/c1-4-8(3)13-10-7(2)5-9(11)6-12-10/h1,5-6,8H,11H2,2-3H3. The zero-order chi connectivity index (χ0) is 9.84. The lowest BCUT2D eigenvalue weighted by molar-refractivity contribution is 0.266. The number of pyridine rings is 1. The monoisotopic (exact) mass is 176 g/mol. The number of aromatic nitrogens is 1. The molecular formula is C10H12N2O. The zero-order valence-electron chi connectivity index (χ0n) is 7.74. The van der Waals surface area contributed by atoms with Gasteiger partial charge in [-0.1, -0.05) is 5.92 Å². The molecule has 2 N–H and O–H groups in total. The van der Waals surface area contributed by atoms with Crippen LogP contribution < -0.4 is 10.5 Å². The van der Waals surface area contributed by atoms with E-state index in [9.17, 15) is 0 Å². The van der Waals surface area contributed by atoms with E-state index in [0.717, 1.165) is 5.56 Å². The summed E-state index contributed by atoms with van der Waals surface area (Å²) in [6.45, 7) is 3.67. The van der Waals surface area contributed by atoms with Gasteiger partial charge in [-0.15, -0.1) is 6.42 Å². The summed E-state index contributed by atoms with van der Waals surface area (Å²) in [5, 5.41) is 0. The average Bonchev–Trinajstić information content (AvgIpc) is 2.09. The first kappa shape index (κ1) is 9.40. The van der Waals surface area contributed by atoms with Gasteiger partial charge in [0.2, 0.25) is 5.88 Å². The molecule has 0 fully saturated rings. The number of hydrogen-bond donors (Lipinski definition) is 1. The average molecular weight is 176 g/mol. The van der Waals surface area contributed by atoms with Crippen molar-refractivity contribution in [1.82, 2.24) is 4.98 Å². The Labute approximate surface area is 77.9 Å². The highest BCUT2D eigenvalue weighted by Gasteiger charge is 2.04. The summed E-state index contributed by atoms with van der Waals surface area (Å²) in [7, 11) is 0. The van der Waals surface area contributed by atoms with E-state index in [1.54, 1.807) is 19.2 Å². The van der Waals surface area contributed by atoms with E-state index in [1.165, 1.54) is 0 Å². The van der Waals surface area contributed by atoms with Gasteiger partial charge in [-0.3, -0.25) is 0 Å². The molecule has 1 rings (SSSR count). The summed E-state index contributed by atoms with van der Waals surface area (Å²) in [5.74, 6) is 3.00. The van der Waals surface area contributed by atoms with Crippen LogP contribution in [0.2, 0.25) is 0 Å². The lowest BCUT2D eigenvalue weighted by atomic mass is 10.3. The van der Waals surface area contributed by atoms with Gasteiger partial charge in [0.25, 0.3) is 0 Å². The van der Waals surface area contributed by atoms with Crippen molar-refractivity contribution in [3.63, 3.8) is 0 Å². The summed E-state index contributed by atoms with van der Waals surface area (Å²) in [5.41, 5.74) is 7.05. The van der Waals surface area contributed by atoms with Crippen LogP contribution in [0.5, 0.6) is 5.88 Å². The number of hydrogen-bond acceptors (Lipinski definition) is 3. The van der Waals surface area contributed by atoms with Gasteiger partial charge in [0, 0.05) is 5.56 Å². The lowest BCUT2D eigenvalue weighted by Crippen LogP contribution is -2.10. The molecule has 0 saturated carbocycles. The molecule has 13 heavy (non-hydrogen) atoms. The van der Waals surface area contributed by atoms with Crippen LogP contribution in [0.4, 0.5) is 5.69 Å². The van der Waals surface area contributed by atoms with Crippen molar-refractivity contribution in [2.45, 2.75) is 20.0 Å². The molecule has 0 saturated heterocycles. The van der Waals surface area contributed by atoms with Crippen molar-refractivity contribution in [2.24, 2.45) is 0 Å². The Morgan fingerprint density at radius 3 is 2.92 bits per heavy atom. The maximum atomic E-state index is 5.53. The van der Waals surface area contributed by atoms with E-state index in [1.807, 2.05) is 6.92 Å². The molecule has 0 aliphatic heterocycles. The molecule has 3 heteroatoms. The van der Waals surface area contributed by atoms with Crippen LogP contribution in [-0.2, 0) is 0 Å². The molecule has 1 aromatic rings. The molecule has 1 atom stereocenters. The predicted octanol–water partition coefficient (Wildman–Crippen LogP) is 1.37. The molecule has 68 valence electrons. The van der Waals surface area contributed by atoms with Crippen molar-refractivity contribution in [3.8, 4) is 18.2 Å². The largest absolute Gasteiger partial charge is 0.461 e. The normalized spacial score (nSPS) is 11.8. The molecule has 0 bridgehead atoms. The summed E-state index contributed by atoms with van der Waals surface area (Å²) in [6, 6.07) is 1.80. The maximum absolute atomic E-state index is 5.53. The fourth-order valence-electron chi connectivity index (χ4n) is 0.909. The topological polar surface area (TPSA) is 48.1 Å². The van der Waals surface area contributed by atoms with Crippen LogP contribution in [0.3, 0.4) is 0 Å². The van der Waals surface area contributed by atoms with Gasteiger partial charge >= 0.3 is 0 Å². The predicted molar refractivity (Wildman–Crippen MR) is 52.3 cm³/mol. The molecule has 0 aromatic carbocycles. The number of anilines is 1. The summed E-state index contributed by atoms with van der Waals surface area (Å²) < 4.78 is 5.35. The van der Waals surface area contributed by atoms with Crippen molar-refractivity contribution >= 4 is 5.69 Å². The molecular weight excluding hydrogens is 164 g/mol. The molecule has 0 amide bonds. The van der Waals surface area contributed by atoms with Crippen LogP contribution in [0.25, 0.3) is 0 Å². The second kappa shape index (κ2) is 3.81. The fourth-order valence-corrected chi connectivity index (χ4v) is 0.909. The number of nitrogens with zero attached hydrogens (tertiary/aromatic N) is 1. The first-order chi connectivity index (χ1) is 6.13. The minimum Gasteiger partial charge on any atom is -0.461 e. The summed E-state index contributed by atoms with van der Waals surface area (Å²) in [4.78, 5) is 4.02. The molecule has 0 spiro atoms. The van der Waals surface area contributed by atoms with Crippen molar-refractivity contribution in [1.29, 1.82) is 0 Å². The number of aryl methyl sites for hydroxylation is 1. The minimum atomic E-state index is -0.269. The minimum absolute atomic E-state index is 0.269. The van der Waals surface area contributed by atoms with E-state index >= 15 is 0 Å². The van der Waals surface area contributed by atoms with Gasteiger partial charge < -0.3 is 10.5 Å². The quantitative estimate of drug-likeness (QED) is 0.692. The van der Waals surface area contributed by atoms with E-state index in [4.69, 9.17) is 16.9 Å². The van der Waals surface area contributed by atoms with Crippen LogP contribution in [0.15, 0.2) is 12.3 Å². The van der Waals surface area contributed by atoms with Gasteiger partial charge in [-0.05, 0) is 19.9 Å². The highest BCUT2D eigenvalue weighted by Crippen LogP contribution is 2.17. The molecule has 1 unspecified atom stereocenters. The number of terminal acetylenes is 1. The molecule has 0 aliphatic rings. The molecule has 1 heterocycles. The van der Waals surface area contributed by atoms with Crippen LogP contribution in [0, 0.1) is 19.3 Å². The highest BCUT2D eigenvalue weighted by atomic mass is 16.5. The van der Waals surface area contributed by atoms with Crippen molar-refractivity contribution < 1.29 is 4.74 Å². The first-order valence-corrected chi connectivity index (χ1v) is 3.98. The smallest absolute Gasteiger partial charge is 0.217 e. The van der Waals surface area contributed by atoms with Crippen molar-refractivity contribution in [3.05, 3.63) is 17.8 Å². The van der Waals surface area contributed by atoms with Gasteiger partial charge in [0.05, 0.1) is 11.9 Å². The maximum Gasteiger partial charge on any atom is 0.217 e. The summed E-state index contributed by atoms with van der Waals surface area (Å²) in [6.07, 6.45) is 6.45. The first-order valence-electron chi connectivity index (χ1n) is 3.98. The zero-order valence-corrected chi connectivity index (χ0v) is 7.74. The van der Waals surface area contributed by atoms with Crippen LogP contribution >= 0.6 is 0 Å². The number of rotatable bonds is 2. The number of ether oxygens (including phenoxy) is 1. The third-order valence-electron chi connectivity index (χ3n) is 1.57. The van der Waals surface area contributed by atoms with Crippen molar-refractivity contribution in [2.75, 3.05) is 5.73 Å². The van der Waals surface area contributed by atoms with Gasteiger partial charge in [0.15, 0.2) is 6.10 Å². The Bertz CT molecular complexity index is 341.